The SMILES string of the molecule is Cc1c(-c2noc(C3C=NC(NC(C)C)=C(C#N)C3)n2)ccc2c1CCN(C[C@@H](O)CO)CC2. The molecule has 0 fully saturated rings. The second-order valence-electron chi connectivity index (χ2n) is 9.30. The molecule has 2 aliphatic rings. The molecule has 9 nitrogen and oxygen atoms in total. The summed E-state index contributed by atoms with van der Waals surface area (Å²) in [5, 5.41) is 36.0. The first-order valence-electron chi connectivity index (χ1n) is 11.8. The topological polar surface area (TPSA) is 131 Å². The number of fused-ring (bicyclic) bond motifs is 1. The zero-order valence-corrected chi connectivity index (χ0v) is 20.0. The number of benzene rings is 1. The largest absolute Gasteiger partial charge is 0.394 e. The van der Waals surface area contributed by atoms with Gasteiger partial charge in [0.15, 0.2) is 0 Å². The molecule has 9 heteroatoms. The number of hydrogen-bond acceptors (Lipinski definition) is 9. The van der Waals surface area contributed by atoms with Crippen LogP contribution in [0.5, 0.6) is 0 Å². The van der Waals surface area contributed by atoms with Crippen LogP contribution in [0.15, 0.2) is 33.0 Å². The molecular weight excluding hydrogens is 432 g/mol. The number of aromatic nitrogens is 2. The van der Waals surface area contributed by atoms with Crippen molar-refractivity contribution in [3.63, 3.8) is 0 Å². The van der Waals surface area contributed by atoms with Crippen LogP contribution in [0.4, 0.5) is 0 Å². The van der Waals surface area contributed by atoms with Gasteiger partial charge in [0.1, 0.15) is 5.82 Å². The second-order valence-corrected chi connectivity index (χ2v) is 9.30. The maximum Gasteiger partial charge on any atom is 0.235 e. The normalized spacial score (nSPS) is 19.6. The Bertz CT molecular complexity index is 1130. The van der Waals surface area contributed by atoms with Crippen molar-refractivity contribution in [1.29, 1.82) is 5.26 Å². The molecule has 4 rings (SSSR count). The molecule has 1 aromatic carbocycles. The van der Waals surface area contributed by atoms with Crippen molar-refractivity contribution in [1.82, 2.24) is 20.4 Å². The maximum atomic E-state index is 9.81. The van der Waals surface area contributed by atoms with E-state index in [0.717, 1.165) is 37.1 Å². The van der Waals surface area contributed by atoms with Gasteiger partial charge < -0.3 is 25.0 Å². The standard InChI is InChI=1S/C25H32N6O3/c1-15(2)28-23-18(11-26)10-19(12-27-23)25-29-24(30-34-25)22-5-4-17-6-8-31(13-20(33)14-32)9-7-21(17)16(22)3/h4-5,12,15,19-20,28,32-33H,6-10,13-14H2,1-3H3/t19?,20-/m1/s1. The predicted molar refractivity (Wildman–Crippen MR) is 128 cm³/mol. The zero-order chi connectivity index (χ0) is 24.2. The quantitative estimate of drug-likeness (QED) is 0.568. The Morgan fingerprint density at radius 3 is 2.82 bits per heavy atom. The highest BCUT2D eigenvalue weighted by atomic mass is 16.5. The minimum absolute atomic E-state index is 0.185. The number of aliphatic hydroxyl groups is 2. The first kappa shape index (κ1) is 24.1. The molecule has 1 aromatic heterocycles. The molecular formula is C25H32N6O3. The highest BCUT2D eigenvalue weighted by Gasteiger charge is 2.26. The molecule has 3 heterocycles. The van der Waals surface area contributed by atoms with Gasteiger partial charge in [-0.15, -0.1) is 0 Å². The summed E-state index contributed by atoms with van der Waals surface area (Å²) in [5.41, 5.74) is 5.22. The monoisotopic (exact) mass is 464 g/mol. The van der Waals surface area contributed by atoms with Crippen molar-refractivity contribution in [3.05, 3.63) is 46.1 Å². The van der Waals surface area contributed by atoms with Crippen molar-refractivity contribution in [2.24, 2.45) is 4.99 Å². The summed E-state index contributed by atoms with van der Waals surface area (Å²) in [7, 11) is 0. The van der Waals surface area contributed by atoms with Crippen molar-refractivity contribution < 1.29 is 14.7 Å². The van der Waals surface area contributed by atoms with Gasteiger partial charge in [0.2, 0.25) is 11.7 Å². The van der Waals surface area contributed by atoms with E-state index in [2.05, 4.69) is 44.4 Å². The van der Waals surface area contributed by atoms with Crippen molar-refractivity contribution in [2.45, 2.75) is 58.1 Å². The number of hydrogen-bond donors (Lipinski definition) is 3. The average molecular weight is 465 g/mol. The summed E-state index contributed by atoms with van der Waals surface area (Å²) >= 11 is 0. The van der Waals surface area contributed by atoms with Crippen LogP contribution in [-0.2, 0) is 12.8 Å². The lowest BCUT2D eigenvalue weighted by molar-refractivity contribution is 0.0604. The van der Waals surface area contributed by atoms with Gasteiger partial charge in [-0.1, -0.05) is 17.3 Å². The highest BCUT2D eigenvalue weighted by molar-refractivity contribution is 5.71. The van der Waals surface area contributed by atoms with Crippen LogP contribution < -0.4 is 5.32 Å². The van der Waals surface area contributed by atoms with Crippen LogP contribution >= 0.6 is 0 Å². The molecule has 2 atom stereocenters. The molecule has 0 saturated carbocycles. The van der Waals surface area contributed by atoms with E-state index in [1.165, 1.54) is 11.1 Å². The minimum Gasteiger partial charge on any atom is -0.394 e. The van der Waals surface area contributed by atoms with Gasteiger partial charge in [-0.05, 0) is 50.3 Å². The number of β-amino-alcohol motifs (C(OH)–C–C–N with tert-alkyl or cyclic N) is 1. The van der Waals surface area contributed by atoms with E-state index in [4.69, 9.17) is 9.63 Å². The smallest absolute Gasteiger partial charge is 0.235 e. The van der Waals surface area contributed by atoms with Gasteiger partial charge in [0.25, 0.3) is 0 Å². The number of allylic oxidation sites excluding steroid dienone is 1. The Morgan fingerprint density at radius 2 is 2.09 bits per heavy atom. The van der Waals surface area contributed by atoms with E-state index in [1.807, 2.05) is 19.9 Å². The third-order valence-electron chi connectivity index (χ3n) is 6.40. The molecule has 0 amide bonds. The molecule has 0 saturated heterocycles. The van der Waals surface area contributed by atoms with Gasteiger partial charge >= 0.3 is 0 Å². The first-order chi connectivity index (χ1) is 16.4. The van der Waals surface area contributed by atoms with Gasteiger partial charge in [-0.3, -0.25) is 0 Å². The second kappa shape index (κ2) is 10.5. The molecule has 180 valence electrons. The van der Waals surface area contributed by atoms with Gasteiger partial charge in [-0.25, -0.2) is 4.99 Å². The van der Waals surface area contributed by atoms with Crippen molar-refractivity contribution >= 4 is 6.21 Å². The van der Waals surface area contributed by atoms with Crippen LogP contribution in [-0.4, -0.2) is 69.9 Å². The van der Waals surface area contributed by atoms with Crippen LogP contribution in [0, 0.1) is 18.3 Å². The van der Waals surface area contributed by atoms with Crippen LogP contribution in [0.1, 0.15) is 48.8 Å². The number of nitrogens with zero attached hydrogens (tertiary/aromatic N) is 5. The van der Waals surface area contributed by atoms with Crippen LogP contribution in [0.3, 0.4) is 0 Å². The first-order valence-corrected chi connectivity index (χ1v) is 11.8. The molecule has 0 bridgehead atoms. The number of aliphatic hydroxyl groups excluding tert-OH is 2. The van der Waals surface area contributed by atoms with E-state index >= 15 is 0 Å². The number of rotatable bonds is 7. The van der Waals surface area contributed by atoms with E-state index in [-0.39, 0.29) is 18.6 Å². The summed E-state index contributed by atoms with van der Waals surface area (Å²) in [5.74, 6) is 1.36. The Kier molecular flexibility index (Phi) is 7.41. The van der Waals surface area contributed by atoms with Gasteiger partial charge in [-0.2, -0.15) is 10.2 Å². The maximum absolute atomic E-state index is 9.81. The van der Waals surface area contributed by atoms with E-state index in [1.54, 1.807) is 6.21 Å². The lowest BCUT2D eigenvalue weighted by Gasteiger charge is -2.21. The molecule has 3 N–H and O–H groups in total. The molecule has 2 aromatic rings. The Labute approximate surface area is 199 Å². The van der Waals surface area contributed by atoms with E-state index < -0.39 is 6.10 Å². The van der Waals surface area contributed by atoms with Crippen molar-refractivity contribution in [3.8, 4) is 17.5 Å². The lowest BCUT2D eigenvalue weighted by atomic mass is 9.93. The minimum atomic E-state index is -0.715. The van der Waals surface area contributed by atoms with E-state index in [9.17, 15) is 10.4 Å². The molecule has 34 heavy (non-hydrogen) atoms. The fourth-order valence-electron chi connectivity index (χ4n) is 4.59. The Morgan fingerprint density at radius 1 is 1.29 bits per heavy atom. The Balaban J connectivity index is 1.52. The number of aliphatic imine (C=N–C) groups is 1. The third kappa shape index (κ3) is 5.20. The fourth-order valence-corrected chi connectivity index (χ4v) is 4.59. The molecule has 0 aliphatic carbocycles. The third-order valence-corrected chi connectivity index (χ3v) is 6.40. The van der Waals surface area contributed by atoms with E-state index in [0.29, 0.717) is 36.1 Å². The number of nitriles is 1. The molecule has 0 radical (unpaired) electrons. The summed E-state index contributed by atoms with van der Waals surface area (Å²) < 4.78 is 5.60. The zero-order valence-electron chi connectivity index (χ0n) is 20.0. The summed E-state index contributed by atoms with van der Waals surface area (Å²) in [6.45, 7) is 8.02. The summed E-state index contributed by atoms with van der Waals surface area (Å²) in [6.07, 6.45) is 3.26. The number of nitrogens with one attached hydrogen (secondary N) is 1. The van der Waals surface area contributed by atoms with Gasteiger partial charge in [0.05, 0.1) is 30.3 Å². The lowest BCUT2D eigenvalue weighted by Crippen LogP contribution is -2.36. The summed E-state index contributed by atoms with van der Waals surface area (Å²) in [4.78, 5) is 11.3. The molecule has 1 unspecified atom stereocenters. The summed E-state index contributed by atoms with van der Waals surface area (Å²) in [6, 6.07) is 6.60. The van der Waals surface area contributed by atoms with Crippen molar-refractivity contribution in [2.75, 3.05) is 26.2 Å². The fraction of sp³-hybridized carbons (Fsp3) is 0.520. The Hall–Kier alpha value is -3.06. The van der Waals surface area contributed by atoms with Crippen LogP contribution in [0.25, 0.3) is 11.4 Å². The molecule has 2 aliphatic heterocycles. The highest BCUT2D eigenvalue weighted by Crippen LogP contribution is 2.31. The van der Waals surface area contributed by atoms with Crippen LogP contribution in [0.2, 0.25) is 0 Å². The van der Waals surface area contributed by atoms with Gasteiger partial charge in [0, 0.05) is 43.9 Å². The predicted octanol–water partition coefficient (Wildman–Crippen LogP) is 2.09. The molecule has 0 spiro atoms. The average Bonchev–Trinajstić information content (AvgIpc) is 3.22.